The summed E-state index contributed by atoms with van der Waals surface area (Å²) < 4.78 is 14.2. The van der Waals surface area contributed by atoms with Gasteiger partial charge < -0.3 is 16.2 Å². The fourth-order valence-corrected chi connectivity index (χ4v) is 3.65. The highest BCUT2D eigenvalue weighted by Gasteiger charge is 2.33. The molecular weight excluding hydrogens is 363 g/mol. The number of hydrogen-bond acceptors (Lipinski definition) is 3. The highest BCUT2D eigenvalue weighted by atomic mass is 79.9. The Morgan fingerprint density at radius 3 is 2.57 bits per heavy atom. The first-order valence-electron chi connectivity index (χ1n) is 7.92. The van der Waals surface area contributed by atoms with Crippen LogP contribution in [0.3, 0.4) is 0 Å². The van der Waals surface area contributed by atoms with Crippen LogP contribution >= 0.6 is 15.9 Å². The highest BCUT2D eigenvalue weighted by molar-refractivity contribution is 9.10. The molecule has 6 heteroatoms. The maximum atomic E-state index is 13.6. The monoisotopic (exact) mass is 386 g/mol. The number of halogens is 2. The summed E-state index contributed by atoms with van der Waals surface area (Å²) in [5.74, 6) is -0.332. The Kier molecular flexibility index (Phi) is 5.68. The third-order valence-corrected chi connectivity index (χ3v) is 5.19. The second-order valence-electron chi connectivity index (χ2n) is 6.88. The molecule has 0 atom stereocenters. The van der Waals surface area contributed by atoms with E-state index in [1.165, 1.54) is 6.07 Å². The van der Waals surface area contributed by atoms with E-state index in [4.69, 9.17) is 5.73 Å². The van der Waals surface area contributed by atoms with Crippen LogP contribution in [0, 0.1) is 17.7 Å². The number of anilines is 1. The predicted octanol–water partition coefficient (Wildman–Crippen LogP) is 3.36. The molecule has 0 radical (unpaired) electrons. The number of carbonyl (C=O) groups excluding carboxylic acids is 1. The van der Waals surface area contributed by atoms with Gasteiger partial charge in [0.15, 0.2) is 0 Å². The lowest BCUT2D eigenvalue weighted by Gasteiger charge is -2.35. The SMILES string of the molecule is CC(C)(O)C1CCC(C(=O)NCc2cc(Br)cc(F)c2N)CC1. The van der Waals surface area contributed by atoms with Gasteiger partial charge in [-0.25, -0.2) is 4.39 Å². The molecule has 1 aliphatic carbocycles. The van der Waals surface area contributed by atoms with Crippen LogP contribution in [-0.2, 0) is 11.3 Å². The largest absolute Gasteiger partial charge is 0.396 e. The Bertz CT molecular complexity index is 579. The summed E-state index contributed by atoms with van der Waals surface area (Å²) in [6.45, 7) is 3.86. The molecule has 1 aromatic carbocycles. The van der Waals surface area contributed by atoms with E-state index in [1.54, 1.807) is 6.07 Å². The van der Waals surface area contributed by atoms with Crippen molar-refractivity contribution in [3.63, 3.8) is 0 Å². The van der Waals surface area contributed by atoms with Crippen molar-refractivity contribution in [3.8, 4) is 0 Å². The molecule has 23 heavy (non-hydrogen) atoms. The van der Waals surface area contributed by atoms with Crippen LogP contribution < -0.4 is 11.1 Å². The summed E-state index contributed by atoms with van der Waals surface area (Å²) >= 11 is 3.22. The highest BCUT2D eigenvalue weighted by Crippen LogP contribution is 2.35. The molecule has 4 N–H and O–H groups in total. The molecule has 0 saturated heterocycles. The minimum atomic E-state index is -0.691. The Labute approximate surface area is 144 Å². The number of amides is 1. The van der Waals surface area contributed by atoms with Gasteiger partial charge in [-0.3, -0.25) is 4.79 Å². The molecule has 0 heterocycles. The molecule has 2 rings (SSSR count). The quantitative estimate of drug-likeness (QED) is 0.694. The first-order chi connectivity index (χ1) is 10.7. The van der Waals surface area contributed by atoms with E-state index in [2.05, 4.69) is 21.2 Å². The molecule has 0 spiro atoms. The maximum Gasteiger partial charge on any atom is 0.223 e. The third kappa shape index (κ3) is 4.67. The standard InChI is InChI=1S/C17H24BrFN2O2/c1-17(2,23)12-5-3-10(4-6-12)16(22)21-9-11-7-13(18)8-14(19)15(11)20/h7-8,10,12,23H,3-6,9,20H2,1-2H3,(H,21,22). The molecule has 1 amide bonds. The number of carbonyl (C=O) groups is 1. The molecule has 0 aliphatic heterocycles. The summed E-state index contributed by atoms with van der Waals surface area (Å²) in [6, 6.07) is 3.02. The summed E-state index contributed by atoms with van der Waals surface area (Å²) in [7, 11) is 0. The fraction of sp³-hybridized carbons (Fsp3) is 0.588. The third-order valence-electron chi connectivity index (χ3n) is 4.73. The van der Waals surface area contributed by atoms with Crippen molar-refractivity contribution in [3.05, 3.63) is 28.0 Å². The van der Waals surface area contributed by atoms with Crippen LogP contribution in [0.15, 0.2) is 16.6 Å². The van der Waals surface area contributed by atoms with E-state index in [1.807, 2.05) is 13.8 Å². The minimum Gasteiger partial charge on any atom is -0.396 e. The van der Waals surface area contributed by atoms with Crippen molar-refractivity contribution < 1.29 is 14.3 Å². The van der Waals surface area contributed by atoms with Crippen LogP contribution in [0.1, 0.15) is 45.1 Å². The molecular formula is C17H24BrFN2O2. The lowest BCUT2D eigenvalue weighted by Crippen LogP contribution is -2.38. The lowest BCUT2D eigenvalue weighted by atomic mass is 9.74. The van der Waals surface area contributed by atoms with Gasteiger partial charge in [0.1, 0.15) is 5.82 Å². The van der Waals surface area contributed by atoms with Gasteiger partial charge >= 0.3 is 0 Å². The molecule has 1 saturated carbocycles. The van der Waals surface area contributed by atoms with Crippen molar-refractivity contribution in [1.82, 2.24) is 5.32 Å². The number of nitrogens with one attached hydrogen (secondary N) is 1. The molecule has 0 aromatic heterocycles. The first-order valence-corrected chi connectivity index (χ1v) is 8.71. The molecule has 4 nitrogen and oxygen atoms in total. The van der Waals surface area contributed by atoms with Gasteiger partial charge in [-0.15, -0.1) is 0 Å². The molecule has 1 fully saturated rings. The number of hydrogen-bond donors (Lipinski definition) is 3. The Morgan fingerprint density at radius 2 is 2.00 bits per heavy atom. The van der Waals surface area contributed by atoms with E-state index < -0.39 is 11.4 Å². The van der Waals surface area contributed by atoms with Crippen LogP contribution in [0.25, 0.3) is 0 Å². The van der Waals surface area contributed by atoms with E-state index in [0.717, 1.165) is 25.7 Å². The number of nitrogens with two attached hydrogens (primary N) is 1. The van der Waals surface area contributed by atoms with Gasteiger partial charge in [0.2, 0.25) is 5.91 Å². The zero-order valence-electron chi connectivity index (χ0n) is 13.5. The Morgan fingerprint density at radius 1 is 1.39 bits per heavy atom. The van der Waals surface area contributed by atoms with E-state index in [0.29, 0.717) is 10.0 Å². The van der Waals surface area contributed by atoms with Gasteiger partial charge in [0.05, 0.1) is 11.3 Å². The molecule has 0 bridgehead atoms. The van der Waals surface area contributed by atoms with E-state index in [-0.39, 0.29) is 30.0 Å². The van der Waals surface area contributed by atoms with Crippen molar-refractivity contribution in [2.45, 2.75) is 51.7 Å². The fourth-order valence-electron chi connectivity index (χ4n) is 3.17. The number of rotatable bonds is 4. The second kappa shape index (κ2) is 7.18. The Hall–Kier alpha value is -1.14. The minimum absolute atomic E-state index is 0.0287. The molecule has 128 valence electrons. The number of aliphatic hydroxyl groups is 1. The van der Waals surface area contributed by atoms with Gasteiger partial charge in [0, 0.05) is 16.9 Å². The molecule has 1 aliphatic rings. The van der Waals surface area contributed by atoms with Gasteiger partial charge in [-0.1, -0.05) is 15.9 Å². The topological polar surface area (TPSA) is 75.3 Å². The van der Waals surface area contributed by atoms with Crippen molar-refractivity contribution >= 4 is 27.5 Å². The number of benzene rings is 1. The average molecular weight is 387 g/mol. The zero-order valence-corrected chi connectivity index (χ0v) is 15.1. The summed E-state index contributed by atoms with van der Waals surface area (Å²) in [6.07, 6.45) is 3.22. The van der Waals surface area contributed by atoms with Gasteiger partial charge in [-0.05, 0) is 63.1 Å². The summed E-state index contributed by atoms with van der Waals surface area (Å²) in [5, 5.41) is 12.9. The molecule has 0 unspecified atom stereocenters. The number of nitrogen functional groups attached to an aromatic ring is 1. The van der Waals surface area contributed by atoms with Crippen molar-refractivity contribution in [2.24, 2.45) is 11.8 Å². The summed E-state index contributed by atoms with van der Waals surface area (Å²) in [4.78, 5) is 12.3. The predicted molar refractivity (Wildman–Crippen MR) is 92.1 cm³/mol. The normalized spacial score (nSPS) is 22.0. The Balaban J connectivity index is 1.89. The van der Waals surface area contributed by atoms with E-state index >= 15 is 0 Å². The van der Waals surface area contributed by atoms with Crippen LogP contribution in [0.2, 0.25) is 0 Å². The average Bonchev–Trinajstić information content (AvgIpc) is 2.48. The first kappa shape index (κ1) is 18.2. The smallest absolute Gasteiger partial charge is 0.223 e. The van der Waals surface area contributed by atoms with Gasteiger partial charge in [-0.2, -0.15) is 0 Å². The van der Waals surface area contributed by atoms with Crippen LogP contribution in [0.4, 0.5) is 10.1 Å². The van der Waals surface area contributed by atoms with Crippen molar-refractivity contribution in [2.75, 3.05) is 5.73 Å². The molecule has 1 aromatic rings. The van der Waals surface area contributed by atoms with Crippen molar-refractivity contribution in [1.29, 1.82) is 0 Å². The lowest BCUT2D eigenvalue weighted by molar-refractivity contribution is -0.127. The van der Waals surface area contributed by atoms with E-state index in [9.17, 15) is 14.3 Å². The second-order valence-corrected chi connectivity index (χ2v) is 7.80. The van der Waals surface area contributed by atoms with Crippen LogP contribution in [0.5, 0.6) is 0 Å². The summed E-state index contributed by atoms with van der Waals surface area (Å²) in [5.41, 5.74) is 5.65. The zero-order chi connectivity index (χ0) is 17.2. The van der Waals surface area contributed by atoms with Gasteiger partial charge in [0.25, 0.3) is 0 Å². The van der Waals surface area contributed by atoms with Crippen LogP contribution in [-0.4, -0.2) is 16.6 Å². The maximum absolute atomic E-state index is 13.6.